The zero-order chi connectivity index (χ0) is 23.7. The Morgan fingerprint density at radius 1 is 1.27 bits per heavy atom. The molecule has 0 saturated heterocycles. The molecule has 33 heavy (non-hydrogen) atoms. The third-order valence-electron chi connectivity index (χ3n) is 5.20. The van der Waals surface area contributed by atoms with E-state index in [1.165, 1.54) is 29.1 Å². The maximum absolute atomic E-state index is 13.5. The summed E-state index contributed by atoms with van der Waals surface area (Å²) in [5, 5.41) is 10.4. The summed E-state index contributed by atoms with van der Waals surface area (Å²) in [5.41, 5.74) is 1.91. The topological polar surface area (TPSA) is 90.1 Å². The van der Waals surface area contributed by atoms with E-state index in [0.29, 0.717) is 36.9 Å². The second kappa shape index (κ2) is 9.25. The van der Waals surface area contributed by atoms with Crippen molar-refractivity contribution in [1.82, 2.24) is 4.57 Å². The molecule has 0 aliphatic carbocycles. The minimum absolute atomic E-state index is 0.00792. The first-order chi connectivity index (χ1) is 15.8. The van der Waals surface area contributed by atoms with Crippen LogP contribution in [0.3, 0.4) is 0 Å². The minimum atomic E-state index is -0.700. The number of methoxy groups -OCH3 is 1. The average molecular weight is 485 g/mol. The highest BCUT2D eigenvalue weighted by Crippen LogP contribution is 2.31. The Bertz CT molecular complexity index is 1440. The van der Waals surface area contributed by atoms with Crippen molar-refractivity contribution in [2.75, 3.05) is 13.7 Å². The second-order valence-corrected chi connectivity index (χ2v) is 8.73. The number of carbonyl (C=O) groups excluding carboxylic acids is 1. The Hall–Kier alpha value is -3.36. The third kappa shape index (κ3) is 4.31. The number of hydrogen-bond donors (Lipinski definition) is 1. The minimum Gasteiger partial charge on any atom is -0.504 e. The molecule has 0 radical (unpaired) electrons. The molecule has 1 aromatic heterocycles. The smallest absolute Gasteiger partial charge is 0.338 e. The van der Waals surface area contributed by atoms with Crippen molar-refractivity contribution in [3.05, 3.63) is 89.6 Å². The van der Waals surface area contributed by atoms with Gasteiger partial charge in [0.1, 0.15) is 0 Å². The van der Waals surface area contributed by atoms with Crippen molar-refractivity contribution in [2.45, 2.75) is 19.9 Å². The first kappa shape index (κ1) is 22.8. The fraction of sp³-hybridized carbons (Fsp3) is 0.208. The molecule has 3 aromatic rings. The van der Waals surface area contributed by atoms with E-state index in [1.807, 2.05) is 0 Å². The average Bonchev–Trinajstić information content (AvgIpc) is 3.09. The van der Waals surface area contributed by atoms with Crippen molar-refractivity contribution in [3.63, 3.8) is 0 Å². The lowest BCUT2D eigenvalue weighted by Crippen LogP contribution is -2.39. The van der Waals surface area contributed by atoms with Crippen LogP contribution in [0.4, 0.5) is 0 Å². The van der Waals surface area contributed by atoms with Crippen molar-refractivity contribution in [1.29, 1.82) is 0 Å². The van der Waals surface area contributed by atoms with Crippen LogP contribution in [-0.2, 0) is 9.53 Å². The number of nitrogens with zero attached hydrogens (tertiary/aromatic N) is 2. The van der Waals surface area contributed by atoms with Crippen molar-refractivity contribution >= 4 is 35.0 Å². The van der Waals surface area contributed by atoms with Crippen LogP contribution >= 0.6 is 22.9 Å². The zero-order valence-electron chi connectivity index (χ0n) is 18.2. The van der Waals surface area contributed by atoms with Gasteiger partial charge in [-0.1, -0.05) is 41.1 Å². The Morgan fingerprint density at radius 3 is 2.67 bits per heavy atom. The molecule has 1 aliphatic heterocycles. The van der Waals surface area contributed by atoms with Crippen LogP contribution in [0, 0.1) is 0 Å². The number of phenolic OH excluding ortho intramolecular Hbond substituents is 1. The molecule has 1 aliphatic rings. The monoisotopic (exact) mass is 484 g/mol. The summed E-state index contributed by atoms with van der Waals surface area (Å²) in [4.78, 5) is 31.4. The van der Waals surface area contributed by atoms with Gasteiger partial charge in [0.15, 0.2) is 16.3 Å². The molecule has 0 amide bonds. The van der Waals surface area contributed by atoms with Crippen LogP contribution in [0.1, 0.15) is 31.0 Å². The van der Waals surface area contributed by atoms with Gasteiger partial charge in [0.2, 0.25) is 0 Å². The molecule has 0 bridgehead atoms. The van der Waals surface area contributed by atoms with Gasteiger partial charge in [0, 0.05) is 5.02 Å². The summed E-state index contributed by atoms with van der Waals surface area (Å²) in [5.74, 6) is -0.208. The normalized spacial score (nSPS) is 15.8. The summed E-state index contributed by atoms with van der Waals surface area (Å²) in [6, 6.07) is 11.1. The Kier molecular flexibility index (Phi) is 6.40. The molecule has 0 fully saturated rings. The van der Waals surface area contributed by atoms with Crippen molar-refractivity contribution < 1.29 is 19.4 Å². The summed E-state index contributed by atoms with van der Waals surface area (Å²) < 4.78 is 12.4. The number of halogens is 1. The van der Waals surface area contributed by atoms with E-state index >= 15 is 0 Å². The van der Waals surface area contributed by atoms with Gasteiger partial charge < -0.3 is 14.6 Å². The number of aromatic hydroxyl groups is 1. The molecule has 170 valence electrons. The predicted molar refractivity (Wildman–Crippen MR) is 127 cm³/mol. The van der Waals surface area contributed by atoms with Gasteiger partial charge in [-0.2, -0.15) is 0 Å². The summed E-state index contributed by atoms with van der Waals surface area (Å²) >= 11 is 7.29. The number of fused-ring (bicyclic) bond motifs is 1. The molecule has 7 nitrogen and oxygen atoms in total. The number of benzene rings is 2. The van der Waals surface area contributed by atoms with Crippen LogP contribution in [0.15, 0.2) is 63.5 Å². The number of thiazole rings is 1. The number of aromatic nitrogens is 1. The fourth-order valence-corrected chi connectivity index (χ4v) is 4.86. The van der Waals surface area contributed by atoms with E-state index in [0.717, 1.165) is 5.56 Å². The standard InChI is InChI=1S/C24H21ClN2O5S/c1-4-32-23(30)20-13(2)26-24-27(21(20)15-6-8-16(25)9-7-15)22(29)19(33-24)12-14-5-10-17(28)18(11-14)31-3/h5-12,21,28H,4H2,1-3H3/t21-/m1/s1. The van der Waals surface area contributed by atoms with Gasteiger partial charge in [-0.25, -0.2) is 9.79 Å². The number of allylic oxidation sites excluding steroid dienone is 1. The van der Waals surface area contributed by atoms with Crippen molar-refractivity contribution in [3.8, 4) is 11.5 Å². The number of esters is 1. The number of carbonyl (C=O) groups is 1. The van der Waals surface area contributed by atoms with E-state index in [-0.39, 0.29) is 17.9 Å². The van der Waals surface area contributed by atoms with Crippen LogP contribution in [0.5, 0.6) is 11.5 Å². The van der Waals surface area contributed by atoms with E-state index in [4.69, 9.17) is 21.1 Å². The molecule has 0 saturated carbocycles. The molecule has 2 aromatic carbocycles. The van der Waals surface area contributed by atoms with Gasteiger partial charge in [-0.15, -0.1) is 0 Å². The molecule has 4 rings (SSSR count). The van der Waals surface area contributed by atoms with E-state index in [2.05, 4.69) is 4.99 Å². The Morgan fingerprint density at radius 2 is 2.00 bits per heavy atom. The molecular formula is C24H21ClN2O5S. The molecule has 1 atom stereocenters. The zero-order valence-corrected chi connectivity index (χ0v) is 19.7. The molecule has 0 spiro atoms. The summed E-state index contributed by atoms with van der Waals surface area (Å²) in [6.07, 6.45) is 1.70. The maximum Gasteiger partial charge on any atom is 0.338 e. The number of hydrogen-bond acceptors (Lipinski definition) is 7. The number of rotatable bonds is 5. The lowest BCUT2D eigenvalue weighted by molar-refractivity contribution is -0.139. The van der Waals surface area contributed by atoms with E-state index in [9.17, 15) is 14.7 Å². The Labute approximate surface area is 198 Å². The lowest BCUT2D eigenvalue weighted by atomic mass is 9.96. The quantitative estimate of drug-likeness (QED) is 0.562. The van der Waals surface area contributed by atoms with Gasteiger partial charge >= 0.3 is 5.97 Å². The lowest BCUT2D eigenvalue weighted by Gasteiger charge is -2.24. The molecule has 0 unspecified atom stereocenters. The summed E-state index contributed by atoms with van der Waals surface area (Å²) in [7, 11) is 1.46. The predicted octanol–water partition coefficient (Wildman–Crippen LogP) is 3.17. The first-order valence-corrected chi connectivity index (χ1v) is 11.4. The third-order valence-corrected chi connectivity index (χ3v) is 6.44. The van der Waals surface area contributed by atoms with E-state index < -0.39 is 12.0 Å². The molecule has 1 N–H and O–H groups in total. The van der Waals surface area contributed by atoms with Crippen LogP contribution in [0.2, 0.25) is 5.02 Å². The number of phenols is 1. The van der Waals surface area contributed by atoms with Crippen LogP contribution in [-0.4, -0.2) is 29.4 Å². The van der Waals surface area contributed by atoms with Gasteiger partial charge in [-0.05, 0) is 55.3 Å². The van der Waals surface area contributed by atoms with Gasteiger partial charge in [-0.3, -0.25) is 9.36 Å². The largest absolute Gasteiger partial charge is 0.504 e. The van der Waals surface area contributed by atoms with Gasteiger partial charge in [0.05, 0.1) is 35.6 Å². The number of ether oxygens (including phenoxy) is 2. The Balaban J connectivity index is 1.94. The van der Waals surface area contributed by atoms with E-state index in [1.54, 1.807) is 56.3 Å². The highest BCUT2D eigenvalue weighted by atomic mass is 35.5. The summed E-state index contributed by atoms with van der Waals surface area (Å²) in [6.45, 7) is 3.67. The maximum atomic E-state index is 13.5. The highest BCUT2D eigenvalue weighted by Gasteiger charge is 2.33. The van der Waals surface area contributed by atoms with Crippen LogP contribution in [0.25, 0.3) is 6.08 Å². The SMILES string of the molecule is CCOC(=O)C1=C(C)N=c2sc(=Cc3ccc(O)c(OC)c3)c(=O)n2[C@@H]1c1ccc(Cl)cc1. The van der Waals surface area contributed by atoms with Crippen molar-refractivity contribution in [2.24, 2.45) is 4.99 Å². The van der Waals surface area contributed by atoms with Gasteiger partial charge in [0.25, 0.3) is 5.56 Å². The van der Waals surface area contributed by atoms with Crippen LogP contribution < -0.4 is 19.6 Å². The first-order valence-electron chi connectivity index (χ1n) is 10.2. The fourth-order valence-electron chi connectivity index (χ4n) is 3.69. The highest BCUT2D eigenvalue weighted by molar-refractivity contribution is 7.07. The molecule has 9 heteroatoms. The molecular weight excluding hydrogens is 464 g/mol. The second-order valence-electron chi connectivity index (χ2n) is 7.29. The molecule has 2 heterocycles.